The highest BCUT2D eigenvalue weighted by Gasteiger charge is 2.11. The fourth-order valence-corrected chi connectivity index (χ4v) is 1.63. The van der Waals surface area contributed by atoms with Crippen LogP contribution >= 0.6 is 0 Å². The zero-order chi connectivity index (χ0) is 15.7. The molecule has 0 aliphatic rings. The Kier molecular flexibility index (Phi) is 7.08. The third-order valence-corrected chi connectivity index (χ3v) is 2.70. The molecule has 1 amide bonds. The average molecular weight is 295 g/mol. The molecule has 0 radical (unpaired) electrons. The highest BCUT2D eigenvalue weighted by Crippen LogP contribution is 2.28. The maximum absolute atomic E-state index is 11.6. The Balaban J connectivity index is 2.65. The largest absolute Gasteiger partial charge is 0.490 e. The van der Waals surface area contributed by atoms with Gasteiger partial charge in [0.2, 0.25) is 0 Å². The van der Waals surface area contributed by atoms with Crippen LogP contribution in [0.25, 0.3) is 0 Å². The maximum Gasteiger partial charge on any atom is 0.335 e. The minimum absolute atomic E-state index is 0.109. The Morgan fingerprint density at radius 3 is 2.57 bits per heavy atom. The first-order valence-electron chi connectivity index (χ1n) is 6.98. The predicted molar refractivity (Wildman–Crippen MR) is 78.0 cm³/mol. The first kappa shape index (κ1) is 16.8. The highest BCUT2D eigenvalue weighted by atomic mass is 16.5. The van der Waals surface area contributed by atoms with Gasteiger partial charge in [0, 0.05) is 6.54 Å². The Morgan fingerprint density at radius 1 is 1.19 bits per heavy atom. The van der Waals surface area contributed by atoms with Gasteiger partial charge >= 0.3 is 5.97 Å². The van der Waals surface area contributed by atoms with Crippen molar-refractivity contribution in [3.63, 3.8) is 0 Å². The smallest absolute Gasteiger partial charge is 0.335 e. The van der Waals surface area contributed by atoms with Crippen LogP contribution in [0.4, 0.5) is 0 Å². The van der Waals surface area contributed by atoms with Crippen LogP contribution in [0.15, 0.2) is 18.2 Å². The number of rotatable bonds is 9. The Bertz CT molecular complexity index is 487. The molecule has 0 aromatic heterocycles. The fraction of sp³-hybridized carbons (Fsp3) is 0.467. The molecule has 1 aromatic rings. The van der Waals surface area contributed by atoms with Gasteiger partial charge < -0.3 is 19.9 Å². The van der Waals surface area contributed by atoms with Gasteiger partial charge in [0.1, 0.15) is 0 Å². The summed E-state index contributed by atoms with van der Waals surface area (Å²) in [6.07, 6.45) is 1.93. The minimum atomic E-state index is -1.04. The number of carbonyl (C=O) groups is 2. The average Bonchev–Trinajstić information content (AvgIpc) is 2.46. The molecule has 0 unspecified atom stereocenters. The van der Waals surface area contributed by atoms with Gasteiger partial charge in [0.15, 0.2) is 18.1 Å². The number of amides is 1. The lowest BCUT2D eigenvalue weighted by Gasteiger charge is -2.12. The summed E-state index contributed by atoms with van der Waals surface area (Å²) in [5.41, 5.74) is 0.109. The van der Waals surface area contributed by atoms with Crippen molar-refractivity contribution in [1.82, 2.24) is 5.32 Å². The van der Waals surface area contributed by atoms with Crippen LogP contribution in [0, 0.1) is 0 Å². The van der Waals surface area contributed by atoms with Crippen molar-refractivity contribution in [3.05, 3.63) is 23.8 Å². The van der Waals surface area contributed by atoms with Crippen molar-refractivity contribution in [2.45, 2.75) is 26.7 Å². The molecule has 1 aromatic carbocycles. The van der Waals surface area contributed by atoms with Gasteiger partial charge in [0.25, 0.3) is 5.91 Å². The van der Waals surface area contributed by atoms with E-state index in [1.54, 1.807) is 6.92 Å². The lowest BCUT2D eigenvalue weighted by Crippen LogP contribution is -2.29. The van der Waals surface area contributed by atoms with E-state index in [0.29, 0.717) is 24.7 Å². The van der Waals surface area contributed by atoms with E-state index in [1.165, 1.54) is 18.2 Å². The molecule has 2 N–H and O–H groups in total. The second kappa shape index (κ2) is 8.84. The Labute approximate surface area is 124 Å². The van der Waals surface area contributed by atoms with Crippen molar-refractivity contribution >= 4 is 11.9 Å². The van der Waals surface area contributed by atoms with E-state index in [-0.39, 0.29) is 18.1 Å². The van der Waals surface area contributed by atoms with Gasteiger partial charge in [0.05, 0.1) is 12.2 Å². The summed E-state index contributed by atoms with van der Waals surface area (Å²) >= 11 is 0. The standard InChI is InChI=1S/C15H21NO5/c1-3-5-8-16-14(17)10-21-12-7-6-11(15(18)19)9-13(12)20-4-2/h6-7,9H,3-5,8,10H2,1-2H3,(H,16,17)(H,18,19). The van der Waals surface area contributed by atoms with Crippen molar-refractivity contribution in [2.24, 2.45) is 0 Å². The lowest BCUT2D eigenvalue weighted by atomic mass is 10.2. The normalized spacial score (nSPS) is 10.0. The third-order valence-electron chi connectivity index (χ3n) is 2.70. The topological polar surface area (TPSA) is 84.9 Å². The van der Waals surface area contributed by atoms with Crippen LogP contribution in [0.5, 0.6) is 11.5 Å². The Morgan fingerprint density at radius 2 is 1.95 bits per heavy atom. The second-order valence-corrected chi connectivity index (χ2v) is 4.39. The van der Waals surface area contributed by atoms with E-state index in [2.05, 4.69) is 5.32 Å². The van der Waals surface area contributed by atoms with Crippen LogP contribution in [-0.2, 0) is 4.79 Å². The summed E-state index contributed by atoms with van der Waals surface area (Å²) in [5.74, 6) is -0.584. The monoisotopic (exact) mass is 295 g/mol. The summed E-state index contributed by atoms with van der Waals surface area (Å²) in [6, 6.07) is 4.29. The zero-order valence-electron chi connectivity index (χ0n) is 12.3. The summed E-state index contributed by atoms with van der Waals surface area (Å²) in [7, 11) is 0. The summed E-state index contributed by atoms with van der Waals surface area (Å²) in [4.78, 5) is 22.5. The van der Waals surface area contributed by atoms with E-state index in [0.717, 1.165) is 12.8 Å². The van der Waals surface area contributed by atoms with Gasteiger partial charge in [-0.3, -0.25) is 4.79 Å². The summed E-state index contributed by atoms with van der Waals surface area (Å²) in [6.45, 7) is 4.70. The number of unbranched alkanes of at least 4 members (excludes halogenated alkanes) is 1. The molecular weight excluding hydrogens is 274 g/mol. The number of carboxylic acids is 1. The van der Waals surface area contributed by atoms with Gasteiger partial charge in [-0.2, -0.15) is 0 Å². The van der Waals surface area contributed by atoms with Crippen LogP contribution in [-0.4, -0.2) is 36.7 Å². The number of ether oxygens (including phenoxy) is 2. The van der Waals surface area contributed by atoms with E-state index < -0.39 is 5.97 Å². The fourth-order valence-electron chi connectivity index (χ4n) is 1.63. The first-order valence-corrected chi connectivity index (χ1v) is 6.98. The number of hydrogen-bond donors (Lipinski definition) is 2. The zero-order valence-corrected chi connectivity index (χ0v) is 12.3. The van der Waals surface area contributed by atoms with Gasteiger partial charge in [-0.1, -0.05) is 13.3 Å². The van der Waals surface area contributed by atoms with Gasteiger partial charge in [-0.05, 0) is 31.5 Å². The van der Waals surface area contributed by atoms with E-state index >= 15 is 0 Å². The SMILES string of the molecule is CCCCNC(=O)COc1ccc(C(=O)O)cc1OCC. The molecule has 0 saturated heterocycles. The number of nitrogens with one attached hydrogen (secondary N) is 1. The lowest BCUT2D eigenvalue weighted by molar-refractivity contribution is -0.123. The molecule has 6 nitrogen and oxygen atoms in total. The third kappa shape index (κ3) is 5.72. The van der Waals surface area contributed by atoms with Crippen molar-refractivity contribution in [2.75, 3.05) is 19.8 Å². The Hall–Kier alpha value is -2.24. The predicted octanol–water partition coefficient (Wildman–Crippen LogP) is 2.08. The minimum Gasteiger partial charge on any atom is -0.490 e. The first-order chi connectivity index (χ1) is 10.1. The molecule has 0 aliphatic carbocycles. The molecular formula is C15H21NO5. The van der Waals surface area contributed by atoms with Crippen LogP contribution in [0.2, 0.25) is 0 Å². The molecule has 0 aliphatic heterocycles. The van der Waals surface area contributed by atoms with Crippen molar-refractivity contribution in [1.29, 1.82) is 0 Å². The van der Waals surface area contributed by atoms with Crippen molar-refractivity contribution < 1.29 is 24.2 Å². The van der Waals surface area contributed by atoms with E-state index in [4.69, 9.17) is 14.6 Å². The summed E-state index contributed by atoms with van der Waals surface area (Å²) in [5, 5.41) is 11.7. The van der Waals surface area contributed by atoms with Crippen LogP contribution in [0.1, 0.15) is 37.0 Å². The molecule has 0 spiro atoms. The van der Waals surface area contributed by atoms with Gasteiger partial charge in [-0.25, -0.2) is 4.79 Å². The maximum atomic E-state index is 11.6. The van der Waals surface area contributed by atoms with Crippen LogP contribution < -0.4 is 14.8 Å². The molecule has 0 fully saturated rings. The second-order valence-electron chi connectivity index (χ2n) is 4.39. The molecule has 116 valence electrons. The molecule has 0 heterocycles. The summed E-state index contributed by atoms with van der Waals surface area (Å²) < 4.78 is 10.7. The molecule has 1 rings (SSSR count). The number of hydrogen-bond acceptors (Lipinski definition) is 4. The van der Waals surface area contributed by atoms with E-state index in [9.17, 15) is 9.59 Å². The molecule has 0 atom stereocenters. The number of carbonyl (C=O) groups excluding carboxylic acids is 1. The number of benzene rings is 1. The van der Waals surface area contributed by atoms with Gasteiger partial charge in [-0.15, -0.1) is 0 Å². The highest BCUT2D eigenvalue weighted by molar-refractivity contribution is 5.88. The van der Waals surface area contributed by atoms with E-state index in [1.807, 2.05) is 6.92 Å². The number of aromatic carboxylic acids is 1. The molecule has 0 saturated carbocycles. The molecule has 21 heavy (non-hydrogen) atoms. The molecule has 6 heteroatoms. The molecule has 0 bridgehead atoms. The quantitative estimate of drug-likeness (QED) is 0.681. The number of carboxylic acid groups (broad SMARTS) is 1. The van der Waals surface area contributed by atoms with Crippen LogP contribution in [0.3, 0.4) is 0 Å². The van der Waals surface area contributed by atoms with Crippen molar-refractivity contribution in [3.8, 4) is 11.5 Å².